The Morgan fingerprint density at radius 1 is 1.65 bits per heavy atom. The van der Waals surface area contributed by atoms with E-state index in [1.807, 2.05) is 6.92 Å². The number of nitrogens with one attached hydrogen (secondary N) is 1. The zero-order valence-electron chi connectivity index (χ0n) is 10.3. The molecule has 1 aliphatic carbocycles. The van der Waals surface area contributed by atoms with Crippen molar-refractivity contribution in [3.63, 3.8) is 0 Å². The maximum atomic E-state index is 11.7. The van der Waals surface area contributed by atoms with Gasteiger partial charge in [0.15, 0.2) is 0 Å². The van der Waals surface area contributed by atoms with Crippen LogP contribution in [0.15, 0.2) is 5.38 Å². The van der Waals surface area contributed by atoms with Crippen molar-refractivity contribution < 1.29 is 9.53 Å². The first-order chi connectivity index (χ1) is 8.16. The molecule has 0 aliphatic heterocycles. The van der Waals surface area contributed by atoms with Crippen molar-refractivity contribution in [3.8, 4) is 0 Å². The van der Waals surface area contributed by atoms with E-state index in [0.717, 1.165) is 42.9 Å². The summed E-state index contributed by atoms with van der Waals surface area (Å²) in [7, 11) is 1.45. The summed E-state index contributed by atoms with van der Waals surface area (Å²) in [6, 6.07) is 0. The third kappa shape index (κ3) is 2.66. The van der Waals surface area contributed by atoms with E-state index in [0.29, 0.717) is 0 Å². The fourth-order valence-corrected chi connectivity index (χ4v) is 2.78. The monoisotopic (exact) mass is 254 g/mol. The van der Waals surface area contributed by atoms with Crippen LogP contribution in [0.4, 0.5) is 0 Å². The van der Waals surface area contributed by atoms with Crippen LogP contribution < -0.4 is 5.32 Å². The first-order valence-electron chi connectivity index (χ1n) is 5.91. The number of aryl methyl sites for hydroxylation is 1. The van der Waals surface area contributed by atoms with Gasteiger partial charge in [-0.3, -0.25) is 4.79 Å². The van der Waals surface area contributed by atoms with Gasteiger partial charge in [0.05, 0.1) is 17.8 Å². The van der Waals surface area contributed by atoms with Gasteiger partial charge in [-0.1, -0.05) is 0 Å². The highest BCUT2D eigenvalue weighted by atomic mass is 32.1. The lowest BCUT2D eigenvalue weighted by atomic mass is 9.76. The van der Waals surface area contributed by atoms with E-state index in [9.17, 15) is 4.79 Å². The molecule has 2 rings (SSSR count). The number of aromatic nitrogens is 1. The minimum atomic E-state index is -0.417. The Morgan fingerprint density at radius 3 is 2.88 bits per heavy atom. The van der Waals surface area contributed by atoms with Gasteiger partial charge in [-0.15, -0.1) is 11.3 Å². The summed E-state index contributed by atoms with van der Waals surface area (Å²) in [6.45, 7) is 2.78. The highest BCUT2D eigenvalue weighted by molar-refractivity contribution is 7.09. The Morgan fingerprint density at radius 2 is 2.41 bits per heavy atom. The maximum absolute atomic E-state index is 11.7. The van der Waals surface area contributed by atoms with Crippen LogP contribution in [0, 0.1) is 6.92 Å². The van der Waals surface area contributed by atoms with E-state index in [1.54, 1.807) is 11.3 Å². The zero-order chi connectivity index (χ0) is 12.3. The second-order valence-electron chi connectivity index (χ2n) is 4.46. The number of hydrogen-bond acceptors (Lipinski definition) is 5. The summed E-state index contributed by atoms with van der Waals surface area (Å²) >= 11 is 1.66. The van der Waals surface area contributed by atoms with Crippen LogP contribution >= 0.6 is 11.3 Å². The van der Waals surface area contributed by atoms with Gasteiger partial charge in [0.25, 0.3) is 0 Å². The van der Waals surface area contributed by atoms with E-state index in [-0.39, 0.29) is 5.97 Å². The van der Waals surface area contributed by atoms with Crippen LogP contribution in [0.5, 0.6) is 0 Å². The Balaban J connectivity index is 1.83. The second kappa shape index (κ2) is 5.14. The van der Waals surface area contributed by atoms with Gasteiger partial charge in [0, 0.05) is 18.3 Å². The van der Waals surface area contributed by atoms with Crippen molar-refractivity contribution in [2.24, 2.45) is 0 Å². The summed E-state index contributed by atoms with van der Waals surface area (Å²) in [5, 5.41) is 6.49. The molecular formula is C12H18N2O2S. The van der Waals surface area contributed by atoms with Crippen molar-refractivity contribution in [1.82, 2.24) is 10.3 Å². The summed E-state index contributed by atoms with van der Waals surface area (Å²) in [6.07, 6.45) is 3.73. The molecule has 0 saturated heterocycles. The van der Waals surface area contributed by atoms with Gasteiger partial charge < -0.3 is 10.1 Å². The molecule has 5 heteroatoms. The second-order valence-corrected chi connectivity index (χ2v) is 5.52. The lowest BCUT2D eigenvalue weighted by molar-refractivity contribution is -0.152. The molecule has 4 nitrogen and oxygen atoms in total. The van der Waals surface area contributed by atoms with Gasteiger partial charge in [0.1, 0.15) is 5.54 Å². The highest BCUT2D eigenvalue weighted by Gasteiger charge is 2.44. The lowest BCUT2D eigenvalue weighted by Crippen LogP contribution is -2.58. The molecule has 0 spiro atoms. The molecule has 1 aromatic rings. The highest BCUT2D eigenvalue weighted by Crippen LogP contribution is 2.32. The fourth-order valence-electron chi connectivity index (χ4n) is 2.13. The Bertz CT molecular complexity index is 399. The maximum Gasteiger partial charge on any atom is 0.326 e. The Labute approximate surface area is 105 Å². The molecule has 0 amide bonds. The third-order valence-electron chi connectivity index (χ3n) is 3.29. The fraction of sp³-hybridized carbons (Fsp3) is 0.667. The molecule has 0 aromatic carbocycles. The standard InChI is InChI=1S/C12H18N2O2S/c1-9-14-10(8-17-9)4-7-13-12(5-3-6-12)11(15)16-2/h8,13H,3-7H2,1-2H3. The van der Waals surface area contributed by atoms with Crippen LogP contribution in [0.3, 0.4) is 0 Å². The number of rotatable bonds is 5. The van der Waals surface area contributed by atoms with Gasteiger partial charge in [-0.2, -0.15) is 0 Å². The van der Waals surface area contributed by atoms with Gasteiger partial charge in [-0.05, 0) is 26.2 Å². The van der Waals surface area contributed by atoms with Crippen LogP contribution in [-0.4, -0.2) is 30.1 Å². The van der Waals surface area contributed by atoms with Crippen molar-refractivity contribution >= 4 is 17.3 Å². The normalized spacial score (nSPS) is 17.5. The van der Waals surface area contributed by atoms with Crippen LogP contribution in [0.2, 0.25) is 0 Å². The molecule has 1 aliphatic rings. The lowest BCUT2D eigenvalue weighted by Gasteiger charge is -2.39. The first-order valence-corrected chi connectivity index (χ1v) is 6.79. The van der Waals surface area contributed by atoms with Crippen LogP contribution in [0.25, 0.3) is 0 Å². The van der Waals surface area contributed by atoms with E-state index < -0.39 is 5.54 Å². The number of nitrogens with zero attached hydrogens (tertiary/aromatic N) is 1. The third-order valence-corrected chi connectivity index (χ3v) is 4.12. The van der Waals surface area contributed by atoms with E-state index in [2.05, 4.69) is 15.7 Å². The molecule has 1 N–H and O–H groups in total. The number of esters is 1. The molecule has 1 fully saturated rings. The molecule has 1 heterocycles. The van der Waals surface area contributed by atoms with Crippen LogP contribution in [-0.2, 0) is 16.0 Å². The number of thiazole rings is 1. The Kier molecular flexibility index (Phi) is 3.79. The van der Waals surface area contributed by atoms with Gasteiger partial charge in [-0.25, -0.2) is 4.98 Å². The zero-order valence-corrected chi connectivity index (χ0v) is 11.1. The predicted octanol–water partition coefficient (Wildman–Crippen LogP) is 1.68. The molecule has 0 radical (unpaired) electrons. The van der Waals surface area contributed by atoms with E-state index >= 15 is 0 Å². The van der Waals surface area contributed by atoms with Crippen molar-refractivity contribution in [2.75, 3.05) is 13.7 Å². The van der Waals surface area contributed by atoms with Crippen LogP contribution in [0.1, 0.15) is 30.0 Å². The number of hydrogen-bond donors (Lipinski definition) is 1. The summed E-state index contributed by atoms with van der Waals surface area (Å²) in [4.78, 5) is 16.1. The number of carbonyl (C=O) groups is 1. The quantitative estimate of drug-likeness (QED) is 0.812. The molecule has 94 valence electrons. The van der Waals surface area contributed by atoms with Gasteiger partial charge in [0.2, 0.25) is 0 Å². The van der Waals surface area contributed by atoms with Crippen molar-refractivity contribution in [3.05, 3.63) is 16.1 Å². The van der Waals surface area contributed by atoms with E-state index in [4.69, 9.17) is 4.74 Å². The number of ether oxygens (including phenoxy) is 1. The average molecular weight is 254 g/mol. The number of carbonyl (C=O) groups excluding carboxylic acids is 1. The largest absolute Gasteiger partial charge is 0.468 e. The summed E-state index contributed by atoms with van der Waals surface area (Å²) < 4.78 is 4.85. The minimum Gasteiger partial charge on any atom is -0.468 e. The van der Waals surface area contributed by atoms with E-state index in [1.165, 1.54) is 7.11 Å². The average Bonchev–Trinajstić information content (AvgIpc) is 2.67. The minimum absolute atomic E-state index is 0.127. The SMILES string of the molecule is COC(=O)C1(NCCc2csc(C)n2)CCC1. The summed E-state index contributed by atoms with van der Waals surface area (Å²) in [5.74, 6) is -0.127. The molecule has 0 bridgehead atoms. The molecule has 1 aromatic heterocycles. The first kappa shape index (κ1) is 12.5. The van der Waals surface area contributed by atoms with Crippen molar-refractivity contribution in [2.45, 2.75) is 38.1 Å². The Hall–Kier alpha value is -0.940. The number of methoxy groups -OCH3 is 1. The molecule has 0 unspecified atom stereocenters. The smallest absolute Gasteiger partial charge is 0.326 e. The predicted molar refractivity (Wildman–Crippen MR) is 67.2 cm³/mol. The molecule has 17 heavy (non-hydrogen) atoms. The molecule has 1 saturated carbocycles. The van der Waals surface area contributed by atoms with Crippen molar-refractivity contribution in [1.29, 1.82) is 0 Å². The topological polar surface area (TPSA) is 51.2 Å². The molecule has 0 atom stereocenters. The van der Waals surface area contributed by atoms with Gasteiger partial charge >= 0.3 is 5.97 Å². The summed E-state index contributed by atoms with van der Waals surface area (Å²) in [5.41, 5.74) is 0.680. The molecular weight excluding hydrogens is 236 g/mol.